The van der Waals surface area contributed by atoms with Gasteiger partial charge in [-0.25, -0.2) is 4.98 Å². The lowest BCUT2D eigenvalue weighted by Gasteiger charge is -2.28. The number of pyridine rings is 1. The SMILES string of the molecule is Cc1nn(C)cc1-c1cc(C(=O)NCC(C(C)C)N(C)C)c2ccccc2n1. The molecule has 0 saturated heterocycles. The molecule has 6 heteroatoms. The molecule has 28 heavy (non-hydrogen) atoms. The van der Waals surface area contributed by atoms with Crippen molar-refractivity contribution in [2.24, 2.45) is 13.0 Å². The molecule has 1 unspecified atom stereocenters. The zero-order valence-electron chi connectivity index (χ0n) is 17.5. The van der Waals surface area contributed by atoms with E-state index in [-0.39, 0.29) is 11.9 Å². The van der Waals surface area contributed by atoms with Crippen LogP contribution in [0, 0.1) is 12.8 Å². The maximum Gasteiger partial charge on any atom is 0.252 e. The lowest BCUT2D eigenvalue weighted by molar-refractivity contribution is 0.0936. The Bertz CT molecular complexity index is 982. The standard InChI is InChI=1S/C22H29N5O/c1-14(2)21(26(4)5)12-23-22(28)17-11-20(18-13-27(6)25-15(18)3)24-19-10-8-7-9-16(17)19/h7-11,13-14,21H,12H2,1-6H3,(H,23,28). The molecule has 0 bridgehead atoms. The van der Waals surface area contributed by atoms with Gasteiger partial charge in [0, 0.05) is 36.8 Å². The van der Waals surface area contributed by atoms with Crippen molar-refractivity contribution in [1.29, 1.82) is 0 Å². The number of benzene rings is 1. The Balaban J connectivity index is 1.99. The van der Waals surface area contributed by atoms with Crippen molar-refractivity contribution in [3.8, 4) is 11.3 Å². The fraction of sp³-hybridized carbons (Fsp3) is 0.409. The van der Waals surface area contributed by atoms with Gasteiger partial charge in [0.2, 0.25) is 0 Å². The molecule has 0 aliphatic heterocycles. The summed E-state index contributed by atoms with van der Waals surface area (Å²) in [5.74, 6) is 0.368. The van der Waals surface area contributed by atoms with Crippen LogP contribution >= 0.6 is 0 Å². The zero-order valence-corrected chi connectivity index (χ0v) is 17.5. The molecule has 0 saturated carbocycles. The summed E-state index contributed by atoms with van der Waals surface area (Å²) in [6.45, 7) is 6.89. The van der Waals surface area contributed by atoms with Gasteiger partial charge in [-0.1, -0.05) is 32.0 Å². The van der Waals surface area contributed by atoms with E-state index >= 15 is 0 Å². The number of nitrogens with zero attached hydrogens (tertiary/aromatic N) is 4. The lowest BCUT2D eigenvalue weighted by Crippen LogP contribution is -2.43. The molecule has 0 radical (unpaired) electrons. The van der Waals surface area contributed by atoms with Gasteiger partial charge in [0.1, 0.15) is 0 Å². The Labute approximate surface area is 166 Å². The highest BCUT2D eigenvalue weighted by atomic mass is 16.1. The first-order valence-corrected chi connectivity index (χ1v) is 9.63. The third kappa shape index (κ3) is 4.07. The van der Waals surface area contributed by atoms with Gasteiger partial charge in [0.25, 0.3) is 5.91 Å². The summed E-state index contributed by atoms with van der Waals surface area (Å²) in [6, 6.07) is 9.92. The summed E-state index contributed by atoms with van der Waals surface area (Å²) in [4.78, 5) is 20.0. The predicted octanol–water partition coefficient (Wildman–Crippen LogP) is 3.26. The van der Waals surface area contributed by atoms with Gasteiger partial charge in [-0.15, -0.1) is 0 Å². The highest BCUT2D eigenvalue weighted by Crippen LogP contribution is 2.26. The first-order chi connectivity index (χ1) is 13.3. The number of rotatable bonds is 6. The van der Waals surface area contributed by atoms with Crippen molar-refractivity contribution >= 4 is 16.8 Å². The number of carbonyl (C=O) groups excluding carboxylic acids is 1. The minimum absolute atomic E-state index is 0.0751. The van der Waals surface area contributed by atoms with Gasteiger partial charge in [-0.2, -0.15) is 5.10 Å². The molecular formula is C22H29N5O. The molecule has 0 aliphatic carbocycles. The number of fused-ring (bicyclic) bond motifs is 1. The molecule has 3 rings (SSSR count). The molecule has 3 aromatic rings. The molecule has 2 aromatic heterocycles. The number of aromatic nitrogens is 3. The fourth-order valence-electron chi connectivity index (χ4n) is 3.66. The molecule has 2 heterocycles. The number of hydrogen-bond acceptors (Lipinski definition) is 4. The Kier molecular flexibility index (Phi) is 5.79. The zero-order chi connectivity index (χ0) is 20.4. The van der Waals surface area contributed by atoms with Crippen molar-refractivity contribution in [3.05, 3.63) is 47.8 Å². The largest absolute Gasteiger partial charge is 0.350 e. The van der Waals surface area contributed by atoms with Gasteiger partial charge in [0.15, 0.2) is 0 Å². The van der Waals surface area contributed by atoms with Crippen LogP contribution in [0.1, 0.15) is 29.9 Å². The lowest BCUT2D eigenvalue weighted by atomic mass is 10.0. The molecule has 0 fully saturated rings. The van der Waals surface area contributed by atoms with Gasteiger partial charge >= 0.3 is 0 Å². The average Bonchev–Trinajstić information content (AvgIpc) is 2.98. The molecule has 0 aliphatic rings. The van der Waals surface area contributed by atoms with Gasteiger partial charge in [-0.05, 0) is 39.1 Å². The van der Waals surface area contributed by atoms with Crippen LogP contribution in [0.2, 0.25) is 0 Å². The van der Waals surface area contributed by atoms with Crippen LogP contribution in [0.5, 0.6) is 0 Å². The highest BCUT2D eigenvalue weighted by Gasteiger charge is 2.19. The average molecular weight is 380 g/mol. The molecule has 1 amide bonds. The van der Waals surface area contributed by atoms with Gasteiger partial charge in [-0.3, -0.25) is 9.48 Å². The van der Waals surface area contributed by atoms with E-state index in [1.165, 1.54) is 0 Å². The minimum Gasteiger partial charge on any atom is -0.350 e. The first kappa shape index (κ1) is 20.0. The Morgan fingerprint density at radius 3 is 2.57 bits per heavy atom. The summed E-state index contributed by atoms with van der Waals surface area (Å²) < 4.78 is 1.77. The Morgan fingerprint density at radius 2 is 1.96 bits per heavy atom. The summed E-state index contributed by atoms with van der Waals surface area (Å²) in [5, 5.41) is 8.39. The monoisotopic (exact) mass is 379 g/mol. The molecular weight excluding hydrogens is 350 g/mol. The van der Waals surface area contributed by atoms with Crippen molar-refractivity contribution in [1.82, 2.24) is 25.0 Å². The van der Waals surface area contributed by atoms with Crippen molar-refractivity contribution < 1.29 is 4.79 Å². The van der Waals surface area contributed by atoms with E-state index in [1.807, 2.05) is 64.6 Å². The molecule has 1 N–H and O–H groups in total. The summed E-state index contributed by atoms with van der Waals surface area (Å²) >= 11 is 0. The fourth-order valence-corrected chi connectivity index (χ4v) is 3.66. The van der Waals surface area contributed by atoms with Crippen LogP contribution in [0.25, 0.3) is 22.2 Å². The summed E-state index contributed by atoms with van der Waals surface area (Å²) in [5.41, 5.74) is 4.05. The second-order valence-electron chi connectivity index (χ2n) is 7.86. The molecule has 148 valence electrons. The highest BCUT2D eigenvalue weighted by molar-refractivity contribution is 6.07. The predicted molar refractivity (Wildman–Crippen MR) is 113 cm³/mol. The van der Waals surface area contributed by atoms with Crippen LogP contribution in [0.4, 0.5) is 0 Å². The van der Waals surface area contributed by atoms with Crippen LogP contribution in [0.3, 0.4) is 0 Å². The molecule has 0 spiro atoms. The van der Waals surface area contributed by atoms with E-state index in [2.05, 4.69) is 29.2 Å². The van der Waals surface area contributed by atoms with Crippen molar-refractivity contribution in [2.75, 3.05) is 20.6 Å². The Morgan fingerprint density at radius 1 is 1.25 bits per heavy atom. The number of hydrogen-bond donors (Lipinski definition) is 1. The van der Waals surface area contributed by atoms with Crippen molar-refractivity contribution in [2.45, 2.75) is 26.8 Å². The normalized spacial score (nSPS) is 12.7. The van der Waals surface area contributed by atoms with E-state index < -0.39 is 0 Å². The van der Waals surface area contributed by atoms with Crippen LogP contribution in [-0.4, -0.2) is 52.3 Å². The van der Waals surface area contributed by atoms with Crippen LogP contribution < -0.4 is 5.32 Å². The Hall–Kier alpha value is -2.73. The first-order valence-electron chi connectivity index (χ1n) is 9.63. The van der Waals surface area contributed by atoms with Crippen LogP contribution in [-0.2, 0) is 7.05 Å². The molecule has 1 atom stereocenters. The van der Waals surface area contributed by atoms with E-state index in [0.717, 1.165) is 27.9 Å². The number of amides is 1. The maximum absolute atomic E-state index is 13.1. The van der Waals surface area contributed by atoms with E-state index in [4.69, 9.17) is 4.98 Å². The second-order valence-corrected chi connectivity index (χ2v) is 7.86. The number of aryl methyl sites for hydroxylation is 2. The number of nitrogens with one attached hydrogen (secondary N) is 1. The number of likely N-dealkylation sites (N-methyl/N-ethyl adjacent to an activating group) is 1. The number of carbonyl (C=O) groups is 1. The van der Waals surface area contributed by atoms with Crippen LogP contribution in [0.15, 0.2) is 36.5 Å². The van der Waals surface area contributed by atoms with Gasteiger partial charge in [0.05, 0.1) is 22.5 Å². The quantitative estimate of drug-likeness (QED) is 0.714. The smallest absolute Gasteiger partial charge is 0.252 e. The minimum atomic E-state index is -0.0751. The van der Waals surface area contributed by atoms with Crippen molar-refractivity contribution in [3.63, 3.8) is 0 Å². The molecule has 1 aromatic carbocycles. The topological polar surface area (TPSA) is 63.1 Å². The summed E-state index contributed by atoms with van der Waals surface area (Å²) in [6.07, 6.45) is 1.94. The molecule has 6 nitrogen and oxygen atoms in total. The van der Waals surface area contributed by atoms with E-state index in [9.17, 15) is 4.79 Å². The van der Waals surface area contributed by atoms with E-state index in [0.29, 0.717) is 18.0 Å². The third-order valence-electron chi connectivity index (χ3n) is 5.15. The number of para-hydroxylation sites is 1. The van der Waals surface area contributed by atoms with Gasteiger partial charge < -0.3 is 10.2 Å². The summed E-state index contributed by atoms with van der Waals surface area (Å²) in [7, 11) is 5.97. The second kappa shape index (κ2) is 8.10. The third-order valence-corrected chi connectivity index (χ3v) is 5.15. The maximum atomic E-state index is 13.1. The van der Waals surface area contributed by atoms with E-state index in [1.54, 1.807) is 4.68 Å².